The highest BCUT2D eigenvalue weighted by atomic mass is 36.0. The molecule has 0 N–H and O–H groups in total. The molecule has 0 unspecified atom stereocenters. The summed E-state index contributed by atoms with van der Waals surface area (Å²) >= 11 is 0. The normalized spacial score (nSPS) is 9.11. The summed E-state index contributed by atoms with van der Waals surface area (Å²) < 4.78 is 36.1. The summed E-state index contributed by atoms with van der Waals surface area (Å²) in [4.78, 5) is 0. The standard InChI is InChI=1S/CH2O2S.Cl2O2S/c1-4(2)3;1-5(2,3)4/h1H2;. The van der Waals surface area contributed by atoms with Gasteiger partial charge in [-0.25, -0.2) is 0 Å². The predicted molar refractivity (Wildman–Crippen MR) is 36.7 cm³/mol. The Morgan fingerprint density at radius 3 is 1.22 bits per heavy atom. The summed E-state index contributed by atoms with van der Waals surface area (Å²) in [6.45, 7) is 0. The molecule has 56 valence electrons. The van der Waals surface area contributed by atoms with Crippen molar-refractivity contribution in [3.8, 4) is 0 Å². The molecule has 0 fully saturated rings. The maximum absolute atomic E-state index is 9.16. The van der Waals surface area contributed by atoms with Crippen LogP contribution >= 0.6 is 21.4 Å². The molecule has 0 aromatic rings. The van der Waals surface area contributed by atoms with Crippen molar-refractivity contribution in [2.24, 2.45) is 0 Å². The SMILES string of the molecule is C=S(=O)=O.O=S(=O)(Cl)Cl. The van der Waals surface area contributed by atoms with E-state index in [0.717, 1.165) is 0 Å². The van der Waals surface area contributed by atoms with Gasteiger partial charge in [-0.05, 0) is 0 Å². The minimum atomic E-state index is -3.72. The monoisotopic (exact) mass is 212 g/mol. The van der Waals surface area contributed by atoms with Gasteiger partial charge in [-0.1, -0.05) is 0 Å². The van der Waals surface area contributed by atoms with Gasteiger partial charge in [0, 0.05) is 27.2 Å². The summed E-state index contributed by atoms with van der Waals surface area (Å²) in [6, 6.07) is 0. The molecule has 0 aromatic heterocycles. The van der Waals surface area contributed by atoms with E-state index in [2.05, 4.69) is 27.2 Å². The lowest BCUT2D eigenvalue weighted by Gasteiger charge is -1.61. The van der Waals surface area contributed by atoms with Crippen molar-refractivity contribution < 1.29 is 16.8 Å². The summed E-state index contributed by atoms with van der Waals surface area (Å²) in [6.07, 6.45) is 0. The number of rotatable bonds is 0. The summed E-state index contributed by atoms with van der Waals surface area (Å²) in [7, 11) is 2.70. The number of halogens is 2. The zero-order valence-electron chi connectivity index (χ0n) is 3.91. The molecular weight excluding hydrogens is 211 g/mol. The van der Waals surface area contributed by atoms with Crippen molar-refractivity contribution in [1.29, 1.82) is 0 Å². The van der Waals surface area contributed by atoms with Gasteiger partial charge in [0.1, 0.15) is 0 Å². The Morgan fingerprint density at radius 2 is 1.22 bits per heavy atom. The summed E-state index contributed by atoms with van der Waals surface area (Å²) in [5, 5.41) is 0. The van der Waals surface area contributed by atoms with E-state index >= 15 is 0 Å². The summed E-state index contributed by atoms with van der Waals surface area (Å²) in [5.41, 5.74) is 0. The van der Waals surface area contributed by atoms with Crippen LogP contribution in [0.2, 0.25) is 0 Å². The molecule has 8 heteroatoms. The van der Waals surface area contributed by atoms with Crippen molar-refractivity contribution in [3.05, 3.63) is 0 Å². The number of hydrogen-bond donors (Lipinski definition) is 0. The molecule has 0 saturated heterocycles. The van der Waals surface area contributed by atoms with Gasteiger partial charge in [0.15, 0.2) is 0 Å². The maximum Gasteiger partial charge on any atom is 0.317 e. The molecule has 0 radical (unpaired) electrons. The minimum Gasteiger partial charge on any atom is -0.195 e. The topological polar surface area (TPSA) is 68.3 Å². The van der Waals surface area contributed by atoms with E-state index in [4.69, 9.17) is 16.8 Å². The van der Waals surface area contributed by atoms with Crippen LogP contribution < -0.4 is 0 Å². The highest BCUT2D eigenvalue weighted by molar-refractivity contribution is 8.31. The second kappa shape index (κ2) is 5.04. The lowest BCUT2D eigenvalue weighted by atomic mass is 12.0. The second-order valence-electron chi connectivity index (χ2n) is 0.682. The smallest absolute Gasteiger partial charge is 0.195 e. The van der Waals surface area contributed by atoms with Crippen molar-refractivity contribution >= 4 is 45.8 Å². The van der Waals surface area contributed by atoms with E-state index in [1.54, 1.807) is 0 Å². The Bertz CT molecular complexity index is 229. The second-order valence-corrected chi connectivity index (χ2v) is 4.96. The lowest BCUT2D eigenvalue weighted by Crippen LogP contribution is -1.63. The van der Waals surface area contributed by atoms with E-state index < -0.39 is 18.6 Å². The molecule has 0 aliphatic heterocycles. The van der Waals surface area contributed by atoms with Gasteiger partial charge >= 0.3 is 8.26 Å². The fraction of sp³-hybridized carbons (Fsp3) is 0. The molecule has 0 aliphatic carbocycles. The molecule has 0 heterocycles. The van der Waals surface area contributed by atoms with Gasteiger partial charge in [-0.2, -0.15) is 16.8 Å². The molecular formula is CH2Cl2O4S2. The van der Waals surface area contributed by atoms with E-state index in [-0.39, 0.29) is 0 Å². The van der Waals surface area contributed by atoms with Crippen LogP contribution in [0.15, 0.2) is 0 Å². The van der Waals surface area contributed by atoms with Crippen LogP contribution in [0.5, 0.6) is 0 Å². The molecule has 0 aliphatic rings. The van der Waals surface area contributed by atoms with E-state index in [1.807, 2.05) is 0 Å². The Morgan fingerprint density at radius 1 is 1.22 bits per heavy atom. The lowest BCUT2D eigenvalue weighted by molar-refractivity contribution is 0.621. The van der Waals surface area contributed by atoms with Crippen LogP contribution in [0.3, 0.4) is 0 Å². The van der Waals surface area contributed by atoms with Crippen LogP contribution in [0.1, 0.15) is 0 Å². The average molecular weight is 213 g/mol. The fourth-order valence-electron chi connectivity index (χ4n) is 0. The van der Waals surface area contributed by atoms with Gasteiger partial charge < -0.3 is 0 Å². The highest BCUT2D eigenvalue weighted by Gasteiger charge is 1.88. The van der Waals surface area contributed by atoms with Crippen LogP contribution in [0.25, 0.3) is 0 Å². The van der Waals surface area contributed by atoms with Crippen molar-refractivity contribution in [3.63, 3.8) is 0 Å². The van der Waals surface area contributed by atoms with Crippen molar-refractivity contribution in [2.45, 2.75) is 0 Å². The molecule has 4 nitrogen and oxygen atoms in total. The third kappa shape index (κ3) is 6570. The first-order valence-electron chi connectivity index (χ1n) is 1.26. The zero-order valence-corrected chi connectivity index (χ0v) is 7.06. The third-order valence-corrected chi connectivity index (χ3v) is 0. The average Bonchev–Trinajstić information content (AvgIpc) is 1.19. The predicted octanol–water partition coefficient (Wildman–Crippen LogP) is 0.00630. The van der Waals surface area contributed by atoms with Crippen LogP contribution in [0.4, 0.5) is 0 Å². The molecule has 0 rings (SSSR count). The fourth-order valence-corrected chi connectivity index (χ4v) is 0. The van der Waals surface area contributed by atoms with Gasteiger partial charge in [0.05, 0.1) is 0 Å². The zero-order chi connectivity index (χ0) is 8.08. The first kappa shape index (κ1) is 12.0. The molecule has 0 atom stereocenters. The van der Waals surface area contributed by atoms with Gasteiger partial charge in [-0.3, -0.25) is 0 Å². The Balaban J connectivity index is 0. The van der Waals surface area contributed by atoms with E-state index in [9.17, 15) is 0 Å². The largest absolute Gasteiger partial charge is 0.317 e. The first-order valence-corrected chi connectivity index (χ1v) is 5.64. The van der Waals surface area contributed by atoms with Crippen LogP contribution in [-0.2, 0) is 18.6 Å². The Kier molecular flexibility index (Phi) is 6.69. The highest BCUT2D eigenvalue weighted by Crippen LogP contribution is 1.98. The quantitative estimate of drug-likeness (QED) is 0.419. The van der Waals surface area contributed by atoms with E-state index in [1.165, 1.54) is 0 Å². The van der Waals surface area contributed by atoms with Crippen LogP contribution in [0, 0.1) is 0 Å². The van der Waals surface area contributed by atoms with Gasteiger partial charge in [-0.15, -0.1) is 0 Å². The van der Waals surface area contributed by atoms with Crippen molar-refractivity contribution in [2.75, 3.05) is 0 Å². The molecule has 0 aromatic carbocycles. The Labute approximate surface area is 62.8 Å². The molecule has 0 spiro atoms. The van der Waals surface area contributed by atoms with Gasteiger partial charge in [0.25, 0.3) is 0 Å². The molecule has 0 saturated carbocycles. The van der Waals surface area contributed by atoms with Crippen molar-refractivity contribution in [1.82, 2.24) is 0 Å². The molecule has 0 bridgehead atoms. The first-order chi connectivity index (χ1) is 3.73. The molecule has 9 heavy (non-hydrogen) atoms. The van der Waals surface area contributed by atoms with Gasteiger partial charge in [0.2, 0.25) is 10.3 Å². The summed E-state index contributed by atoms with van der Waals surface area (Å²) in [5.74, 6) is 2.56. The number of hydrogen-bond acceptors (Lipinski definition) is 4. The molecule has 0 amide bonds. The third-order valence-electron chi connectivity index (χ3n) is 0. The Hall–Kier alpha value is 0.220. The minimum absolute atomic E-state index is 2.11. The van der Waals surface area contributed by atoms with E-state index in [0.29, 0.717) is 0 Å². The van der Waals surface area contributed by atoms with Crippen LogP contribution in [-0.4, -0.2) is 22.7 Å². The maximum atomic E-state index is 9.16.